The Morgan fingerprint density at radius 3 is 2.48 bits per heavy atom. The average molecular weight is 376 g/mol. The molecule has 1 fully saturated rings. The lowest BCUT2D eigenvalue weighted by Crippen LogP contribution is -2.49. The number of nitrogens with one attached hydrogen (secondary N) is 1. The van der Waals surface area contributed by atoms with Crippen molar-refractivity contribution in [2.75, 3.05) is 39.9 Å². The molecule has 2 rings (SSSR count). The van der Waals surface area contributed by atoms with Crippen LogP contribution in [0.15, 0.2) is 12.1 Å². The van der Waals surface area contributed by atoms with E-state index >= 15 is 0 Å². The van der Waals surface area contributed by atoms with Gasteiger partial charge in [-0.2, -0.15) is 0 Å². The van der Waals surface area contributed by atoms with E-state index in [1.807, 2.05) is 13.8 Å². The maximum atomic E-state index is 11.3. The predicted octanol–water partition coefficient (Wildman–Crippen LogP) is 1.70. The topological polar surface area (TPSA) is 108 Å². The fourth-order valence-corrected chi connectivity index (χ4v) is 3.25. The van der Waals surface area contributed by atoms with Gasteiger partial charge in [0.2, 0.25) is 5.75 Å². The Balaban J connectivity index is 0.00000312. The first-order chi connectivity index (χ1) is 11.3. The number of nitro groups is 1. The van der Waals surface area contributed by atoms with Crippen LogP contribution in [-0.2, 0) is 0 Å². The van der Waals surface area contributed by atoms with Crippen molar-refractivity contribution in [1.29, 1.82) is 0 Å². The van der Waals surface area contributed by atoms with Crippen molar-refractivity contribution in [3.05, 3.63) is 27.8 Å². The summed E-state index contributed by atoms with van der Waals surface area (Å²) < 4.78 is 5.11. The van der Waals surface area contributed by atoms with Crippen LogP contribution in [0.5, 0.6) is 11.5 Å². The van der Waals surface area contributed by atoms with Crippen molar-refractivity contribution in [3.63, 3.8) is 0 Å². The molecule has 142 valence electrons. The molecular formula is C16H26ClN3O5. The van der Waals surface area contributed by atoms with Crippen molar-refractivity contribution < 1.29 is 19.9 Å². The molecule has 0 saturated carbocycles. The average Bonchev–Trinajstić information content (AvgIpc) is 2.56. The number of phenolic OH excluding ortho intramolecular Hbond substituents is 1. The van der Waals surface area contributed by atoms with Gasteiger partial charge in [-0.1, -0.05) is 13.8 Å². The number of hydrogen-bond acceptors (Lipinski definition) is 7. The van der Waals surface area contributed by atoms with Gasteiger partial charge in [-0.15, -0.1) is 12.4 Å². The fraction of sp³-hybridized carbons (Fsp3) is 0.625. The van der Waals surface area contributed by atoms with Gasteiger partial charge in [-0.25, -0.2) is 0 Å². The molecule has 0 unspecified atom stereocenters. The standard InChI is InChI=1S/C16H25N3O5.ClH/c1-16(2,10-20)15(18-6-4-17-5-7-18)11-8-12(19(22)23)14(21)13(9-11)24-3;/h8-9,15,17,20-21H,4-7,10H2,1-3H3;1H/t15-;/m1./s1. The highest BCUT2D eigenvalue weighted by Gasteiger charge is 2.37. The van der Waals surface area contributed by atoms with Gasteiger partial charge in [0.1, 0.15) is 0 Å². The molecule has 0 radical (unpaired) electrons. The van der Waals surface area contributed by atoms with Crippen molar-refractivity contribution in [2.45, 2.75) is 19.9 Å². The second-order valence-corrected chi connectivity index (χ2v) is 6.68. The lowest BCUT2D eigenvalue weighted by atomic mass is 9.79. The minimum atomic E-state index is -0.623. The van der Waals surface area contributed by atoms with Gasteiger partial charge in [0.05, 0.1) is 12.0 Å². The Morgan fingerprint density at radius 2 is 2.00 bits per heavy atom. The van der Waals surface area contributed by atoms with E-state index in [0.29, 0.717) is 5.56 Å². The predicted molar refractivity (Wildman–Crippen MR) is 96.6 cm³/mol. The third-order valence-electron chi connectivity index (χ3n) is 4.47. The number of methoxy groups -OCH3 is 1. The Bertz CT molecular complexity index is 606. The number of aromatic hydroxyl groups is 1. The largest absolute Gasteiger partial charge is 0.500 e. The third kappa shape index (κ3) is 4.52. The smallest absolute Gasteiger partial charge is 0.314 e. The number of piperazine rings is 1. The molecule has 9 heteroatoms. The van der Waals surface area contributed by atoms with Crippen LogP contribution in [0.25, 0.3) is 0 Å². The van der Waals surface area contributed by atoms with Crippen LogP contribution < -0.4 is 10.1 Å². The van der Waals surface area contributed by atoms with Crippen LogP contribution in [0.2, 0.25) is 0 Å². The summed E-state index contributed by atoms with van der Waals surface area (Å²) in [5, 5.41) is 34.4. The molecule has 0 bridgehead atoms. The van der Waals surface area contributed by atoms with Gasteiger partial charge in [0.15, 0.2) is 5.75 Å². The zero-order chi connectivity index (χ0) is 17.9. The van der Waals surface area contributed by atoms with E-state index in [2.05, 4.69) is 10.2 Å². The number of nitro benzene ring substituents is 1. The summed E-state index contributed by atoms with van der Waals surface area (Å²) in [6.07, 6.45) is 0. The molecule has 1 aliphatic rings. The summed E-state index contributed by atoms with van der Waals surface area (Å²) >= 11 is 0. The Kier molecular flexibility index (Phi) is 7.43. The molecule has 0 amide bonds. The summed E-state index contributed by atoms with van der Waals surface area (Å²) in [5.74, 6) is -0.416. The zero-order valence-electron chi connectivity index (χ0n) is 14.7. The second-order valence-electron chi connectivity index (χ2n) is 6.68. The molecule has 1 aliphatic heterocycles. The monoisotopic (exact) mass is 375 g/mol. The number of hydrogen-bond donors (Lipinski definition) is 3. The molecule has 1 aromatic rings. The highest BCUT2D eigenvalue weighted by Crippen LogP contribution is 2.44. The molecule has 0 aromatic heterocycles. The quantitative estimate of drug-likeness (QED) is 0.513. The molecule has 0 aliphatic carbocycles. The second kappa shape index (κ2) is 8.66. The number of ether oxygens (including phenoxy) is 1. The lowest BCUT2D eigenvalue weighted by molar-refractivity contribution is -0.386. The third-order valence-corrected chi connectivity index (χ3v) is 4.47. The van der Waals surface area contributed by atoms with Gasteiger partial charge in [-0.05, 0) is 11.6 Å². The van der Waals surface area contributed by atoms with Crippen LogP contribution in [0.1, 0.15) is 25.5 Å². The van der Waals surface area contributed by atoms with Crippen LogP contribution in [0, 0.1) is 15.5 Å². The summed E-state index contributed by atoms with van der Waals surface area (Å²) in [4.78, 5) is 12.9. The first kappa shape index (κ1) is 21.4. The number of rotatable bonds is 6. The molecule has 1 aromatic carbocycles. The van der Waals surface area contributed by atoms with Crippen LogP contribution in [-0.4, -0.2) is 59.9 Å². The molecule has 1 atom stereocenters. The van der Waals surface area contributed by atoms with Crippen molar-refractivity contribution >= 4 is 18.1 Å². The van der Waals surface area contributed by atoms with Gasteiger partial charge in [0, 0.05) is 50.3 Å². The van der Waals surface area contributed by atoms with Crippen LogP contribution >= 0.6 is 12.4 Å². The summed E-state index contributed by atoms with van der Waals surface area (Å²) in [6.45, 7) is 6.94. The SMILES string of the molecule is COc1cc([C@@H](N2CCNCC2)C(C)(C)CO)cc([N+](=O)[O-])c1O.Cl. The van der Waals surface area contributed by atoms with E-state index in [4.69, 9.17) is 4.74 Å². The molecule has 8 nitrogen and oxygen atoms in total. The van der Waals surface area contributed by atoms with E-state index < -0.39 is 21.8 Å². The summed E-state index contributed by atoms with van der Waals surface area (Å²) in [5.41, 5.74) is -0.261. The Hall–Kier alpha value is -1.61. The lowest BCUT2D eigenvalue weighted by Gasteiger charge is -2.43. The molecule has 1 saturated heterocycles. The number of aliphatic hydroxyl groups is 1. The van der Waals surface area contributed by atoms with E-state index in [1.165, 1.54) is 13.2 Å². The highest BCUT2D eigenvalue weighted by molar-refractivity contribution is 5.85. The van der Waals surface area contributed by atoms with E-state index in [1.54, 1.807) is 6.07 Å². The van der Waals surface area contributed by atoms with Gasteiger partial charge in [0.25, 0.3) is 0 Å². The molecule has 25 heavy (non-hydrogen) atoms. The van der Waals surface area contributed by atoms with E-state index in [0.717, 1.165) is 26.2 Å². The maximum Gasteiger partial charge on any atom is 0.314 e. The molecule has 0 spiro atoms. The van der Waals surface area contributed by atoms with E-state index in [9.17, 15) is 20.3 Å². The minimum Gasteiger partial charge on any atom is -0.500 e. The van der Waals surface area contributed by atoms with E-state index in [-0.39, 0.29) is 30.8 Å². The molecule has 3 N–H and O–H groups in total. The van der Waals surface area contributed by atoms with Gasteiger partial charge < -0.3 is 20.3 Å². The first-order valence-electron chi connectivity index (χ1n) is 7.92. The summed E-state index contributed by atoms with van der Waals surface area (Å²) in [6, 6.07) is 2.76. The van der Waals surface area contributed by atoms with Crippen molar-refractivity contribution in [2.24, 2.45) is 5.41 Å². The van der Waals surface area contributed by atoms with Gasteiger partial charge >= 0.3 is 5.69 Å². The van der Waals surface area contributed by atoms with Gasteiger partial charge in [-0.3, -0.25) is 15.0 Å². The highest BCUT2D eigenvalue weighted by atomic mass is 35.5. The fourth-order valence-electron chi connectivity index (χ4n) is 3.25. The number of benzene rings is 1. The number of phenols is 1. The van der Waals surface area contributed by atoms with Crippen LogP contribution in [0.3, 0.4) is 0 Å². The molecule has 1 heterocycles. The zero-order valence-corrected chi connectivity index (χ0v) is 15.5. The maximum absolute atomic E-state index is 11.3. The Morgan fingerprint density at radius 1 is 1.40 bits per heavy atom. The Labute approximate surface area is 153 Å². The summed E-state index contributed by atoms with van der Waals surface area (Å²) in [7, 11) is 1.36. The number of nitrogens with zero attached hydrogens (tertiary/aromatic N) is 2. The van der Waals surface area contributed by atoms with Crippen molar-refractivity contribution in [1.82, 2.24) is 10.2 Å². The van der Waals surface area contributed by atoms with Crippen molar-refractivity contribution in [3.8, 4) is 11.5 Å². The molecular weight excluding hydrogens is 350 g/mol. The number of halogens is 1. The van der Waals surface area contributed by atoms with Crippen LogP contribution in [0.4, 0.5) is 5.69 Å². The first-order valence-corrected chi connectivity index (χ1v) is 7.92. The minimum absolute atomic E-state index is 0. The normalized spacial score (nSPS) is 16.8. The number of aliphatic hydroxyl groups excluding tert-OH is 1.